The van der Waals surface area contributed by atoms with Gasteiger partial charge in [-0.2, -0.15) is 13.2 Å². The van der Waals surface area contributed by atoms with Crippen LogP contribution in [0.25, 0.3) is 0 Å². The van der Waals surface area contributed by atoms with Crippen LogP contribution in [0.4, 0.5) is 13.2 Å². The first-order chi connectivity index (χ1) is 6.32. The molecular weight excluding hydrogens is 284 g/mol. The molecule has 1 rings (SSSR count). The van der Waals surface area contributed by atoms with E-state index in [1.165, 1.54) is 12.1 Å². The van der Waals surface area contributed by atoms with Crippen LogP contribution in [0, 0.1) is 0 Å². The number of rotatable bonds is 1. The van der Waals surface area contributed by atoms with Crippen LogP contribution in [-0.4, -0.2) is 11.3 Å². The van der Waals surface area contributed by atoms with Gasteiger partial charge in [-0.1, -0.05) is 27.5 Å². The van der Waals surface area contributed by atoms with Crippen LogP contribution in [0.2, 0.25) is 5.02 Å². The molecule has 0 radical (unpaired) electrons. The highest BCUT2D eigenvalue weighted by atomic mass is 79.9. The summed E-state index contributed by atoms with van der Waals surface area (Å²) in [5.74, 6) is 0. The van der Waals surface area contributed by atoms with E-state index in [2.05, 4.69) is 15.9 Å². The van der Waals surface area contributed by atoms with Crippen LogP contribution in [-0.2, 0) is 0 Å². The summed E-state index contributed by atoms with van der Waals surface area (Å²) < 4.78 is 36.8. The first-order valence-corrected chi connectivity index (χ1v) is 4.69. The van der Waals surface area contributed by atoms with E-state index in [1.807, 2.05) is 0 Å². The van der Waals surface area contributed by atoms with E-state index in [9.17, 15) is 13.2 Å². The lowest BCUT2D eigenvalue weighted by atomic mass is 10.1. The molecule has 0 fully saturated rings. The lowest BCUT2D eigenvalue weighted by Crippen LogP contribution is -2.20. The maximum absolute atomic E-state index is 12.1. The molecule has 0 heterocycles. The average molecular weight is 289 g/mol. The predicted molar refractivity (Wildman–Crippen MR) is 50.2 cm³/mol. The number of alkyl halides is 3. The van der Waals surface area contributed by atoms with Crippen LogP contribution in [0.1, 0.15) is 11.7 Å². The maximum atomic E-state index is 12.1. The summed E-state index contributed by atoms with van der Waals surface area (Å²) in [6, 6.07) is 3.92. The summed E-state index contributed by atoms with van der Waals surface area (Å²) in [5, 5.41) is 8.82. The largest absolute Gasteiger partial charge is 0.418 e. The fourth-order valence-electron chi connectivity index (χ4n) is 0.900. The molecule has 1 atom stereocenters. The number of aliphatic hydroxyl groups excluding tert-OH is 1. The minimum absolute atomic E-state index is 0.113. The minimum atomic E-state index is -4.70. The second kappa shape index (κ2) is 4.08. The van der Waals surface area contributed by atoms with Gasteiger partial charge < -0.3 is 5.11 Å². The Balaban J connectivity index is 3.12. The molecule has 0 aliphatic carbocycles. The molecule has 1 nitrogen and oxygen atoms in total. The molecular formula is C8H5BrClF3O. The molecule has 1 aromatic carbocycles. The van der Waals surface area contributed by atoms with Gasteiger partial charge in [0.2, 0.25) is 0 Å². The molecule has 78 valence electrons. The smallest absolute Gasteiger partial charge is 0.379 e. The molecule has 6 heteroatoms. The van der Waals surface area contributed by atoms with E-state index >= 15 is 0 Å². The van der Waals surface area contributed by atoms with Gasteiger partial charge in [0.15, 0.2) is 6.10 Å². The van der Waals surface area contributed by atoms with Crippen molar-refractivity contribution >= 4 is 27.5 Å². The highest BCUT2D eigenvalue weighted by Crippen LogP contribution is 2.36. The quantitative estimate of drug-likeness (QED) is 0.836. The van der Waals surface area contributed by atoms with Crippen molar-refractivity contribution in [1.82, 2.24) is 0 Å². The molecule has 1 aromatic rings. The fraction of sp³-hybridized carbons (Fsp3) is 0.250. The molecule has 0 aromatic heterocycles. The van der Waals surface area contributed by atoms with Crippen molar-refractivity contribution in [3.05, 3.63) is 33.3 Å². The first kappa shape index (κ1) is 11.8. The second-order valence-electron chi connectivity index (χ2n) is 2.61. The molecule has 14 heavy (non-hydrogen) atoms. The van der Waals surface area contributed by atoms with Gasteiger partial charge in [0.25, 0.3) is 0 Å². The zero-order valence-corrected chi connectivity index (χ0v) is 8.99. The van der Waals surface area contributed by atoms with E-state index in [0.717, 1.165) is 6.07 Å². The Morgan fingerprint density at radius 1 is 1.36 bits per heavy atom. The normalized spacial score (nSPS) is 14.1. The summed E-state index contributed by atoms with van der Waals surface area (Å²) in [7, 11) is 0. The van der Waals surface area contributed by atoms with Crippen LogP contribution in [0.15, 0.2) is 22.7 Å². The molecule has 0 spiro atoms. The standard InChI is InChI=1S/C8H5BrClF3O/c9-4-1-2-6(10)5(3-4)7(14)8(11,12)13/h1-3,7,14H. The predicted octanol–water partition coefficient (Wildman–Crippen LogP) is 3.70. The van der Waals surface area contributed by atoms with Crippen molar-refractivity contribution in [1.29, 1.82) is 0 Å². The van der Waals surface area contributed by atoms with Crippen molar-refractivity contribution in [2.75, 3.05) is 0 Å². The highest BCUT2D eigenvalue weighted by Gasteiger charge is 2.40. The van der Waals surface area contributed by atoms with Crippen molar-refractivity contribution < 1.29 is 18.3 Å². The Morgan fingerprint density at radius 2 is 1.93 bits per heavy atom. The van der Waals surface area contributed by atoms with Crippen molar-refractivity contribution in [2.45, 2.75) is 12.3 Å². The highest BCUT2D eigenvalue weighted by molar-refractivity contribution is 9.10. The second-order valence-corrected chi connectivity index (χ2v) is 3.93. The van der Waals surface area contributed by atoms with E-state index in [-0.39, 0.29) is 10.6 Å². The molecule has 1 unspecified atom stereocenters. The zero-order valence-electron chi connectivity index (χ0n) is 6.65. The minimum Gasteiger partial charge on any atom is -0.379 e. The van der Waals surface area contributed by atoms with Gasteiger partial charge in [0.1, 0.15) is 0 Å². The summed E-state index contributed by atoms with van der Waals surface area (Å²) >= 11 is 8.51. The zero-order chi connectivity index (χ0) is 10.9. The number of benzene rings is 1. The van der Waals surface area contributed by atoms with E-state index in [1.54, 1.807) is 0 Å². The molecule has 0 aliphatic rings. The van der Waals surface area contributed by atoms with Crippen LogP contribution >= 0.6 is 27.5 Å². The van der Waals surface area contributed by atoms with Gasteiger partial charge >= 0.3 is 6.18 Å². The van der Waals surface area contributed by atoms with E-state index < -0.39 is 12.3 Å². The van der Waals surface area contributed by atoms with E-state index in [4.69, 9.17) is 16.7 Å². The number of hydrogen-bond acceptors (Lipinski definition) is 1. The number of hydrogen-bond donors (Lipinski definition) is 1. The Kier molecular flexibility index (Phi) is 3.44. The van der Waals surface area contributed by atoms with Gasteiger partial charge in [-0.3, -0.25) is 0 Å². The molecule has 0 bridgehead atoms. The Hall–Kier alpha value is -0.260. The Morgan fingerprint density at radius 3 is 2.43 bits per heavy atom. The van der Waals surface area contributed by atoms with Crippen molar-refractivity contribution in [3.8, 4) is 0 Å². The third-order valence-electron chi connectivity index (χ3n) is 1.56. The lowest BCUT2D eigenvalue weighted by Gasteiger charge is -2.16. The van der Waals surface area contributed by atoms with Gasteiger partial charge in [0, 0.05) is 15.1 Å². The summed E-state index contributed by atoms with van der Waals surface area (Å²) in [6.07, 6.45) is -7.25. The average Bonchev–Trinajstić information content (AvgIpc) is 2.06. The summed E-state index contributed by atoms with van der Waals surface area (Å²) in [6.45, 7) is 0. The topological polar surface area (TPSA) is 20.2 Å². The number of halogens is 5. The van der Waals surface area contributed by atoms with E-state index in [0.29, 0.717) is 4.47 Å². The van der Waals surface area contributed by atoms with Crippen LogP contribution in [0.5, 0.6) is 0 Å². The van der Waals surface area contributed by atoms with Gasteiger partial charge in [-0.25, -0.2) is 0 Å². The van der Waals surface area contributed by atoms with Crippen LogP contribution in [0.3, 0.4) is 0 Å². The van der Waals surface area contributed by atoms with Gasteiger partial charge in [0.05, 0.1) is 0 Å². The van der Waals surface area contributed by atoms with Gasteiger partial charge in [-0.15, -0.1) is 0 Å². The molecule has 1 N–H and O–H groups in total. The molecule has 0 aliphatic heterocycles. The molecule has 0 amide bonds. The monoisotopic (exact) mass is 288 g/mol. The third kappa shape index (κ3) is 2.62. The SMILES string of the molecule is OC(c1cc(Br)ccc1Cl)C(F)(F)F. The summed E-state index contributed by atoms with van der Waals surface area (Å²) in [4.78, 5) is 0. The van der Waals surface area contributed by atoms with Crippen LogP contribution < -0.4 is 0 Å². The van der Waals surface area contributed by atoms with Crippen molar-refractivity contribution in [3.63, 3.8) is 0 Å². The Bertz CT molecular complexity index is 340. The third-order valence-corrected chi connectivity index (χ3v) is 2.40. The maximum Gasteiger partial charge on any atom is 0.418 e. The lowest BCUT2D eigenvalue weighted by molar-refractivity contribution is -0.206. The molecule has 0 saturated heterocycles. The number of aliphatic hydroxyl groups is 1. The molecule has 0 saturated carbocycles. The van der Waals surface area contributed by atoms with Gasteiger partial charge in [-0.05, 0) is 18.2 Å². The Labute approximate surface area is 91.6 Å². The first-order valence-electron chi connectivity index (χ1n) is 3.52. The summed E-state index contributed by atoms with van der Waals surface area (Å²) in [5.41, 5.74) is -0.353. The fourth-order valence-corrected chi connectivity index (χ4v) is 1.50. The van der Waals surface area contributed by atoms with Crippen molar-refractivity contribution in [2.24, 2.45) is 0 Å².